The van der Waals surface area contributed by atoms with E-state index >= 15 is 0 Å². The van der Waals surface area contributed by atoms with Gasteiger partial charge in [-0.15, -0.1) is 0 Å². The Kier molecular flexibility index (Phi) is 6.86. The van der Waals surface area contributed by atoms with E-state index in [1.807, 2.05) is 6.07 Å². The third-order valence-corrected chi connectivity index (χ3v) is 4.26. The van der Waals surface area contributed by atoms with Gasteiger partial charge in [0.25, 0.3) is 0 Å². The Bertz CT molecular complexity index is 782. The fourth-order valence-corrected chi connectivity index (χ4v) is 2.77. The molecule has 0 aliphatic heterocycles. The first-order valence-electron chi connectivity index (χ1n) is 7.45. The topological polar surface area (TPSA) is 137 Å². The van der Waals surface area contributed by atoms with Gasteiger partial charge >= 0.3 is 13.3 Å². The number of benzene rings is 1. The Morgan fingerprint density at radius 2 is 2.00 bits per heavy atom. The molecule has 0 saturated heterocycles. The lowest BCUT2D eigenvalue weighted by atomic mass is 10.2. The number of rotatable bonds is 9. The van der Waals surface area contributed by atoms with E-state index in [0.29, 0.717) is 0 Å². The Hall–Kier alpha value is -2.03. The molecule has 136 valence electrons. The van der Waals surface area contributed by atoms with Crippen molar-refractivity contribution in [2.75, 3.05) is 18.7 Å². The van der Waals surface area contributed by atoms with E-state index in [4.69, 9.17) is 15.0 Å². The van der Waals surface area contributed by atoms with E-state index in [0.717, 1.165) is 5.56 Å². The van der Waals surface area contributed by atoms with Crippen molar-refractivity contribution >= 4 is 13.4 Å². The summed E-state index contributed by atoms with van der Waals surface area (Å²) in [5, 5.41) is 9.34. The molecule has 25 heavy (non-hydrogen) atoms. The van der Waals surface area contributed by atoms with Crippen LogP contribution in [0.2, 0.25) is 0 Å². The fourth-order valence-electron chi connectivity index (χ4n) is 1.95. The monoisotopic (exact) mass is 369 g/mol. The molecule has 0 aliphatic carbocycles. The molecular weight excluding hydrogens is 349 g/mol. The van der Waals surface area contributed by atoms with Crippen molar-refractivity contribution in [3.05, 3.63) is 58.6 Å². The SMILES string of the molecule is Nc1ccn(CC(CO)OCP(=O)(O)OCc2ccccc2)c(=O)n1. The molecule has 0 bridgehead atoms. The molecule has 10 heteroatoms. The second-order valence-corrected chi connectivity index (χ2v) is 7.08. The van der Waals surface area contributed by atoms with Crippen LogP contribution in [-0.4, -0.2) is 38.6 Å². The van der Waals surface area contributed by atoms with Crippen LogP contribution < -0.4 is 11.4 Å². The van der Waals surface area contributed by atoms with Crippen LogP contribution in [0, 0.1) is 0 Å². The summed E-state index contributed by atoms with van der Waals surface area (Å²) < 4.78 is 23.4. The van der Waals surface area contributed by atoms with E-state index in [1.165, 1.54) is 16.8 Å². The Morgan fingerprint density at radius 3 is 2.64 bits per heavy atom. The summed E-state index contributed by atoms with van der Waals surface area (Å²) in [5.41, 5.74) is 5.54. The van der Waals surface area contributed by atoms with Gasteiger partial charge in [0, 0.05) is 6.20 Å². The zero-order chi connectivity index (χ0) is 18.3. The number of aliphatic hydroxyl groups excluding tert-OH is 1. The van der Waals surface area contributed by atoms with E-state index in [1.54, 1.807) is 24.3 Å². The maximum atomic E-state index is 12.0. The molecule has 2 unspecified atom stereocenters. The van der Waals surface area contributed by atoms with Crippen LogP contribution in [-0.2, 0) is 27.0 Å². The van der Waals surface area contributed by atoms with Crippen molar-refractivity contribution in [1.29, 1.82) is 0 Å². The highest BCUT2D eigenvalue weighted by Gasteiger charge is 2.23. The molecule has 0 amide bonds. The first-order chi connectivity index (χ1) is 11.9. The van der Waals surface area contributed by atoms with Gasteiger partial charge in [-0.25, -0.2) is 4.79 Å². The van der Waals surface area contributed by atoms with Crippen LogP contribution in [0.15, 0.2) is 47.4 Å². The highest BCUT2D eigenvalue weighted by molar-refractivity contribution is 7.52. The number of aliphatic hydroxyl groups is 1. The van der Waals surface area contributed by atoms with E-state index in [9.17, 15) is 19.4 Å². The van der Waals surface area contributed by atoms with Crippen LogP contribution in [0.25, 0.3) is 0 Å². The van der Waals surface area contributed by atoms with E-state index in [2.05, 4.69) is 4.98 Å². The molecule has 0 spiro atoms. The smallest absolute Gasteiger partial charge is 0.353 e. The van der Waals surface area contributed by atoms with Crippen molar-refractivity contribution < 1.29 is 23.8 Å². The summed E-state index contributed by atoms with van der Waals surface area (Å²) in [7, 11) is -4.01. The minimum atomic E-state index is -4.01. The molecule has 1 heterocycles. The van der Waals surface area contributed by atoms with Crippen molar-refractivity contribution in [3.8, 4) is 0 Å². The first-order valence-corrected chi connectivity index (χ1v) is 9.21. The average Bonchev–Trinajstić information content (AvgIpc) is 2.59. The Morgan fingerprint density at radius 1 is 1.28 bits per heavy atom. The molecule has 2 atom stereocenters. The molecule has 0 fully saturated rings. The van der Waals surface area contributed by atoms with E-state index in [-0.39, 0.29) is 19.0 Å². The van der Waals surface area contributed by atoms with Crippen molar-refractivity contribution in [2.45, 2.75) is 19.3 Å². The molecule has 0 radical (unpaired) electrons. The molecule has 0 aliphatic rings. The molecule has 9 nitrogen and oxygen atoms in total. The number of nitrogens with two attached hydrogens (primary N) is 1. The summed E-state index contributed by atoms with van der Waals surface area (Å²) in [4.78, 5) is 25.0. The zero-order valence-corrected chi connectivity index (χ0v) is 14.3. The molecule has 1 aromatic heterocycles. The lowest BCUT2D eigenvalue weighted by Gasteiger charge is -2.19. The number of hydrogen-bond acceptors (Lipinski definition) is 7. The number of nitrogen functional groups attached to an aromatic ring is 1. The van der Waals surface area contributed by atoms with Gasteiger partial charge in [-0.2, -0.15) is 4.98 Å². The molecule has 0 saturated carbocycles. The van der Waals surface area contributed by atoms with Gasteiger partial charge in [0.1, 0.15) is 12.2 Å². The minimum Gasteiger partial charge on any atom is -0.394 e. The fraction of sp³-hybridized carbons (Fsp3) is 0.333. The third kappa shape index (κ3) is 6.41. The van der Waals surface area contributed by atoms with Crippen LogP contribution in [0.3, 0.4) is 0 Å². The molecule has 2 rings (SSSR count). The highest BCUT2D eigenvalue weighted by Crippen LogP contribution is 2.42. The second-order valence-electron chi connectivity index (χ2n) is 5.28. The first kappa shape index (κ1) is 19.3. The summed E-state index contributed by atoms with van der Waals surface area (Å²) in [5.74, 6) is 0.0805. The number of hydrogen-bond donors (Lipinski definition) is 3. The van der Waals surface area contributed by atoms with Crippen LogP contribution in [0.4, 0.5) is 5.82 Å². The van der Waals surface area contributed by atoms with Gasteiger partial charge in [-0.3, -0.25) is 9.13 Å². The van der Waals surface area contributed by atoms with Crippen LogP contribution >= 0.6 is 7.60 Å². The maximum absolute atomic E-state index is 12.0. The van der Waals surface area contributed by atoms with Gasteiger partial charge in [-0.1, -0.05) is 30.3 Å². The maximum Gasteiger partial charge on any atom is 0.353 e. The molecule has 1 aromatic carbocycles. The van der Waals surface area contributed by atoms with Crippen molar-refractivity contribution in [1.82, 2.24) is 9.55 Å². The van der Waals surface area contributed by atoms with Gasteiger partial charge in [-0.05, 0) is 11.6 Å². The van der Waals surface area contributed by atoms with Gasteiger partial charge in [0.15, 0.2) is 0 Å². The summed E-state index contributed by atoms with van der Waals surface area (Å²) in [6.07, 6.45) is -0.0764. The van der Waals surface area contributed by atoms with Crippen LogP contribution in [0.5, 0.6) is 0 Å². The van der Waals surface area contributed by atoms with Gasteiger partial charge in [0.05, 0.1) is 25.9 Å². The number of ether oxygens (including phenoxy) is 1. The van der Waals surface area contributed by atoms with Crippen molar-refractivity contribution in [3.63, 3.8) is 0 Å². The largest absolute Gasteiger partial charge is 0.394 e. The zero-order valence-electron chi connectivity index (χ0n) is 13.4. The summed E-state index contributed by atoms with van der Waals surface area (Å²) >= 11 is 0. The molecule has 4 N–H and O–H groups in total. The Balaban J connectivity index is 1.88. The predicted octanol–water partition coefficient (Wildman–Crippen LogP) is 0.563. The molecular formula is C15H20N3O6P. The number of aromatic nitrogens is 2. The summed E-state index contributed by atoms with van der Waals surface area (Å²) in [6, 6.07) is 10.4. The van der Waals surface area contributed by atoms with Gasteiger partial charge in [0.2, 0.25) is 0 Å². The average molecular weight is 369 g/mol. The normalized spacial score (nSPS) is 14.8. The molecule has 2 aromatic rings. The summed E-state index contributed by atoms with van der Waals surface area (Å²) in [6.45, 7) is -0.528. The second kappa shape index (κ2) is 8.89. The lowest BCUT2D eigenvalue weighted by molar-refractivity contribution is 0.0164. The number of nitrogens with zero attached hydrogens (tertiary/aromatic N) is 2. The van der Waals surface area contributed by atoms with Crippen LogP contribution in [0.1, 0.15) is 5.56 Å². The quantitative estimate of drug-likeness (QED) is 0.546. The van der Waals surface area contributed by atoms with Gasteiger partial charge < -0.3 is 25.0 Å². The highest BCUT2D eigenvalue weighted by atomic mass is 31.2. The minimum absolute atomic E-state index is 0.0386. The number of anilines is 1. The predicted molar refractivity (Wildman–Crippen MR) is 90.8 cm³/mol. The van der Waals surface area contributed by atoms with E-state index < -0.39 is 32.3 Å². The third-order valence-electron chi connectivity index (χ3n) is 3.25. The standard InChI is InChI=1S/C15H20N3O6P/c16-14-6-7-18(15(20)17-14)8-13(9-19)23-11-25(21,22)24-10-12-4-2-1-3-5-12/h1-7,13,19H,8-11H2,(H,21,22)(H2,16,17,20). The lowest BCUT2D eigenvalue weighted by Crippen LogP contribution is -2.32. The van der Waals surface area contributed by atoms with Crippen molar-refractivity contribution in [2.24, 2.45) is 0 Å². The Labute approximate surface area is 144 Å².